The van der Waals surface area contributed by atoms with Crippen LogP contribution in [0.2, 0.25) is 0 Å². The van der Waals surface area contributed by atoms with Gasteiger partial charge < -0.3 is 9.94 Å². The van der Waals surface area contributed by atoms with E-state index in [9.17, 15) is 0 Å². The van der Waals surface area contributed by atoms with Gasteiger partial charge in [-0.2, -0.15) is 0 Å². The normalized spacial score (nSPS) is 7.44. The van der Waals surface area contributed by atoms with Gasteiger partial charge in [0.05, 0.1) is 6.61 Å². The molecular weight excluding hydrogens is 118 g/mol. The smallest absolute Gasteiger partial charge is 0.0644 e. The van der Waals surface area contributed by atoms with Crippen LogP contribution in [0.5, 0.6) is 0 Å². The Hall–Kier alpha value is -0.380. The molecule has 0 unspecified atom stereocenters. The van der Waals surface area contributed by atoms with Gasteiger partial charge in [0.15, 0.2) is 0 Å². The molecule has 56 valence electrons. The van der Waals surface area contributed by atoms with Crippen LogP contribution >= 0.6 is 0 Å². The maximum Gasteiger partial charge on any atom is 0.0644 e. The van der Waals surface area contributed by atoms with Crippen LogP contribution in [0, 0.1) is 0 Å². The highest BCUT2D eigenvalue weighted by atomic mass is 16.5. The summed E-state index contributed by atoms with van der Waals surface area (Å²) in [6.07, 6.45) is 2.85. The first-order chi connectivity index (χ1) is 4.41. The lowest BCUT2D eigenvalue weighted by Crippen LogP contribution is -1.90. The molecule has 0 rings (SSSR count). The minimum Gasteiger partial charge on any atom is -0.377 e. The van der Waals surface area contributed by atoms with Gasteiger partial charge in [0.25, 0.3) is 0 Å². The molecule has 0 atom stereocenters. The molecule has 0 amide bonds. The van der Waals surface area contributed by atoms with Crippen molar-refractivity contribution in [2.24, 2.45) is 5.90 Å². The molecule has 9 heavy (non-hydrogen) atoms. The monoisotopic (exact) mass is 133 g/mol. The molecule has 0 aliphatic rings. The molecular formula is C6H15NO2. The first kappa shape index (κ1) is 11.4. The summed E-state index contributed by atoms with van der Waals surface area (Å²) in [5, 5.41) is 6.50. The van der Waals surface area contributed by atoms with Crippen LogP contribution in [0.3, 0.4) is 0 Å². The second kappa shape index (κ2) is 15.6. The van der Waals surface area contributed by atoms with E-state index in [0.717, 1.165) is 13.0 Å². The van der Waals surface area contributed by atoms with E-state index in [1.54, 1.807) is 6.08 Å². The van der Waals surface area contributed by atoms with Gasteiger partial charge in [0.2, 0.25) is 0 Å². The van der Waals surface area contributed by atoms with E-state index in [-0.39, 0.29) is 0 Å². The molecule has 0 spiro atoms. The first-order valence-electron chi connectivity index (χ1n) is 2.86. The number of hydrogen-bond donors (Lipinski definition) is 2. The van der Waals surface area contributed by atoms with Crippen molar-refractivity contribution in [1.82, 2.24) is 0 Å². The van der Waals surface area contributed by atoms with Gasteiger partial charge in [0.1, 0.15) is 0 Å². The predicted molar refractivity (Wildman–Crippen MR) is 37.3 cm³/mol. The van der Waals surface area contributed by atoms with Crippen LogP contribution in [-0.2, 0) is 4.74 Å². The number of nitrogens with two attached hydrogens (primary N) is 1. The van der Waals surface area contributed by atoms with Crippen LogP contribution in [0.4, 0.5) is 0 Å². The molecule has 3 N–H and O–H groups in total. The van der Waals surface area contributed by atoms with E-state index in [0.29, 0.717) is 6.61 Å². The van der Waals surface area contributed by atoms with E-state index in [1.807, 2.05) is 0 Å². The summed E-state index contributed by atoms with van der Waals surface area (Å²) < 4.78 is 5.01. The Morgan fingerprint density at radius 2 is 2.22 bits per heavy atom. The molecule has 0 saturated carbocycles. The van der Waals surface area contributed by atoms with Crippen LogP contribution in [0.1, 0.15) is 13.3 Å². The van der Waals surface area contributed by atoms with E-state index in [2.05, 4.69) is 19.4 Å². The highest BCUT2D eigenvalue weighted by Crippen LogP contribution is 1.77. The highest BCUT2D eigenvalue weighted by Gasteiger charge is 1.74. The summed E-state index contributed by atoms with van der Waals surface area (Å²) in [7, 11) is 0. The zero-order valence-electron chi connectivity index (χ0n) is 5.84. The van der Waals surface area contributed by atoms with Crippen molar-refractivity contribution in [2.45, 2.75) is 13.3 Å². The molecule has 0 heterocycles. The Balaban J connectivity index is 0. The molecule has 0 fully saturated rings. The third-order valence-electron chi connectivity index (χ3n) is 0.584. The third kappa shape index (κ3) is 18.4. The van der Waals surface area contributed by atoms with Crippen LogP contribution in [-0.4, -0.2) is 18.4 Å². The van der Waals surface area contributed by atoms with Crippen LogP contribution < -0.4 is 5.90 Å². The van der Waals surface area contributed by atoms with Crippen molar-refractivity contribution in [2.75, 3.05) is 13.2 Å². The number of ether oxygens (including phenoxy) is 1. The lowest BCUT2D eigenvalue weighted by Gasteiger charge is -1.92. The average molecular weight is 133 g/mol. The topological polar surface area (TPSA) is 55.5 Å². The van der Waals surface area contributed by atoms with E-state index < -0.39 is 0 Å². The summed E-state index contributed by atoms with van der Waals surface area (Å²) >= 11 is 0. The van der Waals surface area contributed by atoms with Crippen molar-refractivity contribution < 1.29 is 9.94 Å². The largest absolute Gasteiger partial charge is 0.377 e. The standard InChI is InChI=1S/C6H12O.H3NO/c1-3-5-7-6-4-2;1-2/h3H,1,4-6H2,2H3;2H,1H2. The maximum absolute atomic E-state index is 6.50. The van der Waals surface area contributed by atoms with Crippen molar-refractivity contribution in [1.29, 1.82) is 0 Å². The molecule has 0 aromatic heterocycles. The quantitative estimate of drug-likeness (QED) is 0.341. The Bertz CT molecular complexity index is 48.3. The molecule has 0 bridgehead atoms. The predicted octanol–water partition coefficient (Wildman–Crippen LogP) is 0.933. The zero-order chi connectivity index (χ0) is 7.54. The minimum atomic E-state index is 0.688. The van der Waals surface area contributed by atoms with Crippen molar-refractivity contribution in [3.8, 4) is 0 Å². The Kier molecular flexibility index (Phi) is 19.9. The molecule has 0 aromatic rings. The molecule has 0 aliphatic carbocycles. The van der Waals surface area contributed by atoms with Crippen LogP contribution in [0.15, 0.2) is 12.7 Å². The fourth-order valence-electron chi connectivity index (χ4n) is 0.311. The van der Waals surface area contributed by atoms with Gasteiger partial charge in [-0.25, -0.2) is 5.90 Å². The lowest BCUT2D eigenvalue weighted by molar-refractivity contribution is 0.163. The molecule has 0 saturated heterocycles. The molecule has 0 radical (unpaired) electrons. The first-order valence-corrected chi connectivity index (χ1v) is 2.86. The fraction of sp³-hybridized carbons (Fsp3) is 0.667. The third-order valence-corrected chi connectivity index (χ3v) is 0.584. The van der Waals surface area contributed by atoms with Gasteiger partial charge in [0, 0.05) is 6.61 Å². The molecule has 0 aliphatic heterocycles. The van der Waals surface area contributed by atoms with E-state index >= 15 is 0 Å². The summed E-state index contributed by atoms with van der Waals surface area (Å²) in [6.45, 7) is 7.14. The Morgan fingerprint density at radius 3 is 2.56 bits per heavy atom. The summed E-state index contributed by atoms with van der Waals surface area (Å²) in [4.78, 5) is 0. The zero-order valence-corrected chi connectivity index (χ0v) is 5.84. The highest BCUT2D eigenvalue weighted by molar-refractivity contribution is 4.63. The Labute approximate surface area is 56.1 Å². The second-order valence-electron chi connectivity index (χ2n) is 1.36. The van der Waals surface area contributed by atoms with Gasteiger partial charge in [-0.1, -0.05) is 13.0 Å². The van der Waals surface area contributed by atoms with E-state index in [4.69, 9.17) is 9.94 Å². The lowest BCUT2D eigenvalue weighted by atomic mass is 10.5. The van der Waals surface area contributed by atoms with Crippen molar-refractivity contribution in [3.63, 3.8) is 0 Å². The molecule has 0 aromatic carbocycles. The van der Waals surface area contributed by atoms with Crippen LogP contribution in [0.25, 0.3) is 0 Å². The molecule has 3 nitrogen and oxygen atoms in total. The van der Waals surface area contributed by atoms with Gasteiger partial charge in [-0.05, 0) is 6.42 Å². The fourth-order valence-corrected chi connectivity index (χ4v) is 0.311. The number of hydrogen-bond acceptors (Lipinski definition) is 3. The number of rotatable bonds is 4. The Morgan fingerprint density at radius 1 is 1.67 bits per heavy atom. The van der Waals surface area contributed by atoms with Crippen molar-refractivity contribution >= 4 is 0 Å². The summed E-state index contributed by atoms with van der Waals surface area (Å²) in [5.74, 6) is 3.50. The van der Waals surface area contributed by atoms with E-state index in [1.165, 1.54) is 0 Å². The second-order valence-corrected chi connectivity index (χ2v) is 1.36. The summed E-state index contributed by atoms with van der Waals surface area (Å²) in [6, 6.07) is 0. The van der Waals surface area contributed by atoms with Gasteiger partial charge in [-0.15, -0.1) is 6.58 Å². The molecule has 3 heteroatoms. The SMILES string of the molecule is C=CCOCCC.NO. The maximum atomic E-state index is 6.50. The minimum absolute atomic E-state index is 0.688. The average Bonchev–Trinajstić information content (AvgIpc) is 1.94. The van der Waals surface area contributed by atoms with Gasteiger partial charge in [-0.3, -0.25) is 0 Å². The summed E-state index contributed by atoms with van der Waals surface area (Å²) in [5.41, 5.74) is 0. The van der Waals surface area contributed by atoms with Crippen molar-refractivity contribution in [3.05, 3.63) is 12.7 Å². The van der Waals surface area contributed by atoms with Gasteiger partial charge >= 0.3 is 0 Å².